The van der Waals surface area contributed by atoms with Gasteiger partial charge in [-0.25, -0.2) is 0 Å². The number of pyridine rings is 1. The van der Waals surface area contributed by atoms with E-state index < -0.39 is 0 Å². The molecule has 0 fully saturated rings. The second kappa shape index (κ2) is 10.9. The molecule has 0 aliphatic carbocycles. The van der Waals surface area contributed by atoms with Crippen LogP contribution in [0.1, 0.15) is 40.5 Å². The minimum atomic E-state index is 0.0538. The van der Waals surface area contributed by atoms with Crippen molar-refractivity contribution in [1.29, 1.82) is 0 Å². The lowest BCUT2D eigenvalue weighted by molar-refractivity contribution is 0.0241. The Balaban J connectivity index is 2.41. The van der Waals surface area contributed by atoms with Gasteiger partial charge in [-0.05, 0) is 31.2 Å². The number of hydrogen-bond acceptors (Lipinski definition) is 3. The molecule has 1 atom stereocenters. The number of unbranched alkanes of at least 4 members (excludes halogenated alkanes) is 1. The van der Waals surface area contributed by atoms with Gasteiger partial charge in [0.2, 0.25) is 5.56 Å². The first kappa shape index (κ1) is 21.2. The molecule has 0 aromatic carbocycles. The van der Waals surface area contributed by atoms with E-state index in [4.69, 9.17) is 4.74 Å². The number of nitrogens with one attached hydrogen (secondary N) is 2. The van der Waals surface area contributed by atoms with Gasteiger partial charge >= 0.3 is 0 Å². The van der Waals surface area contributed by atoms with Crippen LogP contribution in [0.5, 0.6) is 0 Å². The fourth-order valence-electron chi connectivity index (χ4n) is 2.48. The molecule has 0 spiro atoms. The summed E-state index contributed by atoms with van der Waals surface area (Å²) < 4.78 is 7.29. The molecule has 0 saturated carbocycles. The third-order valence-corrected chi connectivity index (χ3v) is 4.03. The van der Waals surface area contributed by atoms with Crippen molar-refractivity contribution in [1.82, 2.24) is 15.2 Å². The quantitative estimate of drug-likeness (QED) is 0.407. The molecule has 6 nitrogen and oxygen atoms in total. The van der Waals surface area contributed by atoms with E-state index in [2.05, 4.69) is 43.3 Å². The number of methoxy groups -OCH3 is 1. The lowest BCUT2D eigenvalue weighted by atomic mass is 9.89. The van der Waals surface area contributed by atoms with Gasteiger partial charge in [-0.15, -0.1) is 0 Å². The van der Waals surface area contributed by atoms with Crippen molar-refractivity contribution in [2.24, 2.45) is 10.4 Å². The molecule has 1 aromatic heterocycles. The Hall–Kier alpha value is -1.82. The summed E-state index contributed by atoms with van der Waals surface area (Å²) >= 11 is 0. The van der Waals surface area contributed by atoms with Gasteiger partial charge in [-0.1, -0.05) is 26.8 Å². The van der Waals surface area contributed by atoms with Crippen molar-refractivity contribution in [3.05, 3.63) is 34.7 Å². The third-order valence-electron chi connectivity index (χ3n) is 4.03. The summed E-state index contributed by atoms with van der Waals surface area (Å²) in [7, 11) is 1.73. The van der Waals surface area contributed by atoms with Gasteiger partial charge in [0.25, 0.3) is 0 Å². The number of guanidine groups is 1. The molecule has 25 heavy (non-hydrogen) atoms. The van der Waals surface area contributed by atoms with Crippen molar-refractivity contribution in [3.8, 4) is 0 Å². The maximum atomic E-state index is 11.6. The minimum Gasteiger partial charge on any atom is -0.379 e. The monoisotopic (exact) mass is 350 g/mol. The van der Waals surface area contributed by atoms with E-state index in [9.17, 15) is 4.79 Å². The molecule has 0 saturated heterocycles. The average molecular weight is 351 g/mol. The van der Waals surface area contributed by atoms with E-state index in [1.165, 1.54) is 0 Å². The first-order chi connectivity index (χ1) is 11.9. The van der Waals surface area contributed by atoms with Crippen LogP contribution in [0, 0.1) is 5.41 Å². The first-order valence-electron chi connectivity index (χ1n) is 9.09. The van der Waals surface area contributed by atoms with E-state index in [1.54, 1.807) is 23.8 Å². The molecular formula is C19H34N4O2. The summed E-state index contributed by atoms with van der Waals surface area (Å²) in [6, 6.07) is 5.25. The van der Waals surface area contributed by atoms with Gasteiger partial charge in [0.1, 0.15) is 0 Å². The Bertz CT molecular complexity index is 575. The molecule has 2 N–H and O–H groups in total. The van der Waals surface area contributed by atoms with Crippen molar-refractivity contribution in [3.63, 3.8) is 0 Å². The van der Waals surface area contributed by atoms with Crippen molar-refractivity contribution in [2.45, 2.75) is 53.2 Å². The van der Waals surface area contributed by atoms with Crippen LogP contribution in [0.15, 0.2) is 34.2 Å². The lowest BCUT2D eigenvalue weighted by Gasteiger charge is -2.28. The maximum absolute atomic E-state index is 11.6. The molecule has 6 heteroatoms. The zero-order valence-electron chi connectivity index (χ0n) is 16.3. The second-order valence-corrected chi connectivity index (χ2v) is 7.18. The summed E-state index contributed by atoms with van der Waals surface area (Å²) in [6.07, 6.45) is 3.82. The number of nitrogens with zero attached hydrogens (tertiary/aromatic N) is 2. The Labute approximate surface area is 151 Å². The van der Waals surface area contributed by atoms with Crippen molar-refractivity contribution in [2.75, 3.05) is 26.7 Å². The van der Waals surface area contributed by atoms with Crippen LogP contribution >= 0.6 is 0 Å². The van der Waals surface area contributed by atoms with Gasteiger partial charge in [-0.3, -0.25) is 9.79 Å². The van der Waals surface area contributed by atoms with Crippen LogP contribution in [-0.4, -0.2) is 43.4 Å². The molecule has 0 aliphatic rings. The van der Waals surface area contributed by atoms with Crippen LogP contribution in [0.4, 0.5) is 0 Å². The van der Waals surface area contributed by atoms with E-state index in [1.807, 2.05) is 12.3 Å². The van der Waals surface area contributed by atoms with Gasteiger partial charge in [0.05, 0.1) is 12.6 Å². The Morgan fingerprint density at radius 3 is 2.64 bits per heavy atom. The Morgan fingerprint density at radius 2 is 2.04 bits per heavy atom. The normalized spacial score (nSPS) is 13.6. The predicted molar refractivity (Wildman–Crippen MR) is 104 cm³/mol. The minimum absolute atomic E-state index is 0.0538. The van der Waals surface area contributed by atoms with Gasteiger partial charge in [0.15, 0.2) is 5.96 Å². The fourth-order valence-corrected chi connectivity index (χ4v) is 2.48. The standard InChI is InChI=1S/C19H34N4O2/c1-6-20-18(22-15-16(25-5)19(2,3)4)21-12-8-10-14-23-13-9-7-11-17(23)24/h7,9,11,13,16H,6,8,10,12,14-15H2,1-5H3,(H2,20,21,22). The highest BCUT2D eigenvalue weighted by molar-refractivity contribution is 5.79. The first-order valence-corrected chi connectivity index (χ1v) is 9.09. The van der Waals surface area contributed by atoms with E-state index in [0.29, 0.717) is 6.54 Å². The number of aromatic nitrogens is 1. The number of aryl methyl sites for hydroxylation is 1. The SMILES string of the molecule is CCNC(=NCC(OC)C(C)(C)C)NCCCCn1ccccc1=O. The third kappa shape index (κ3) is 8.20. The van der Waals surface area contributed by atoms with Crippen molar-refractivity contribution >= 4 is 5.96 Å². The number of aliphatic imine (C=N–C) groups is 1. The van der Waals surface area contributed by atoms with Crippen LogP contribution in [0.2, 0.25) is 0 Å². The second-order valence-electron chi connectivity index (χ2n) is 7.18. The maximum Gasteiger partial charge on any atom is 0.250 e. The molecular weight excluding hydrogens is 316 g/mol. The molecule has 0 aliphatic heterocycles. The predicted octanol–water partition coefficient (Wildman–Crippen LogP) is 2.24. The highest BCUT2D eigenvalue weighted by atomic mass is 16.5. The molecule has 0 radical (unpaired) electrons. The molecule has 1 unspecified atom stereocenters. The van der Waals surface area contributed by atoms with E-state index in [0.717, 1.165) is 38.4 Å². The molecule has 1 heterocycles. The highest BCUT2D eigenvalue weighted by Gasteiger charge is 2.23. The Morgan fingerprint density at radius 1 is 1.28 bits per heavy atom. The van der Waals surface area contributed by atoms with E-state index >= 15 is 0 Å². The van der Waals surface area contributed by atoms with Gasteiger partial charge < -0.3 is 19.9 Å². The van der Waals surface area contributed by atoms with Crippen LogP contribution in [0.3, 0.4) is 0 Å². The highest BCUT2D eigenvalue weighted by Crippen LogP contribution is 2.21. The number of hydrogen-bond donors (Lipinski definition) is 2. The number of ether oxygens (including phenoxy) is 1. The average Bonchev–Trinajstić information content (AvgIpc) is 2.55. The van der Waals surface area contributed by atoms with Crippen LogP contribution < -0.4 is 16.2 Å². The fraction of sp³-hybridized carbons (Fsp3) is 0.684. The number of rotatable bonds is 9. The van der Waals surface area contributed by atoms with Crippen LogP contribution in [0.25, 0.3) is 0 Å². The zero-order chi connectivity index (χ0) is 18.7. The zero-order valence-corrected chi connectivity index (χ0v) is 16.3. The summed E-state index contributed by atoms with van der Waals surface area (Å²) in [5.74, 6) is 0.811. The largest absolute Gasteiger partial charge is 0.379 e. The molecule has 0 bridgehead atoms. The Kier molecular flexibility index (Phi) is 9.27. The molecule has 142 valence electrons. The van der Waals surface area contributed by atoms with Crippen LogP contribution in [-0.2, 0) is 11.3 Å². The molecule has 1 aromatic rings. The van der Waals surface area contributed by atoms with Crippen molar-refractivity contribution < 1.29 is 4.74 Å². The van der Waals surface area contributed by atoms with E-state index in [-0.39, 0.29) is 17.1 Å². The van der Waals surface area contributed by atoms with Gasteiger partial charge in [0, 0.05) is 39.0 Å². The summed E-state index contributed by atoms with van der Waals surface area (Å²) in [6.45, 7) is 11.5. The molecule has 1 rings (SSSR count). The summed E-state index contributed by atoms with van der Waals surface area (Å²) in [4.78, 5) is 16.3. The topological polar surface area (TPSA) is 67.7 Å². The summed E-state index contributed by atoms with van der Waals surface area (Å²) in [5, 5.41) is 6.61. The smallest absolute Gasteiger partial charge is 0.250 e. The lowest BCUT2D eigenvalue weighted by Crippen LogP contribution is -2.39. The summed E-state index contributed by atoms with van der Waals surface area (Å²) in [5.41, 5.74) is 0.108. The van der Waals surface area contributed by atoms with Gasteiger partial charge in [-0.2, -0.15) is 0 Å². The molecule has 0 amide bonds.